The van der Waals surface area contributed by atoms with Gasteiger partial charge in [0.1, 0.15) is 5.82 Å². The van der Waals surface area contributed by atoms with Gasteiger partial charge in [-0.3, -0.25) is 0 Å². The highest BCUT2D eigenvalue weighted by Gasteiger charge is 2.04. The SMILES string of the molecule is CC(C)Cc1cc(N)n2nccc2n1. The second-order valence-electron chi connectivity index (χ2n) is 3.87. The molecule has 2 aromatic rings. The van der Waals surface area contributed by atoms with E-state index in [1.165, 1.54) is 0 Å². The molecule has 0 unspecified atom stereocenters. The van der Waals surface area contributed by atoms with Crippen LogP contribution >= 0.6 is 0 Å². The van der Waals surface area contributed by atoms with E-state index < -0.39 is 0 Å². The van der Waals surface area contributed by atoms with Crippen LogP contribution in [0.15, 0.2) is 18.3 Å². The minimum Gasteiger partial charge on any atom is -0.384 e. The number of hydrogen-bond acceptors (Lipinski definition) is 3. The van der Waals surface area contributed by atoms with Crippen LogP contribution in [0.3, 0.4) is 0 Å². The number of hydrogen-bond donors (Lipinski definition) is 1. The van der Waals surface area contributed by atoms with Gasteiger partial charge in [0, 0.05) is 17.8 Å². The van der Waals surface area contributed by atoms with Crippen molar-refractivity contribution in [2.45, 2.75) is 20.3 Å². The Bertz CT molecular complexity index is 444. The first-order valence-electron chi connectivity index (χ1n) is 4.76. The molecule has 4 nitrogen and oxygen atoms in total. The Balaban J connectivity index is 2.47. The Hall–Kier alpha value is -1.58. The third-order valence-electron chi connectivity index (χ3n) is 2.06. The van der Waals surface area contributed by atoms with Crippen LogP contribution in [-0.2, 0) is 6.42 Å². The van der Waals surface area contributed by atoms with Crippen LogP contribution in [0, 0.1) is 5.92 Å². The topological polar surface area (TPSA) is 56.2 Å². The second kappa shape index (κ2) is 3.29. The molecular weight excluding hydrogens is 176 g/mol. The third kappa shape index (κ3) is 1.55. The lowest BCUT2D eigenvalue weighted by atomic mass is 10.1. The second-order valence-corrected chi connectivity index (χ2v) is 3.87. The van der Waals surface area contributed by atoms with Crippen molar-refractivity contribution >= 4 is 11.5 Å². The molecule has 0 radical (unpaired) electrons. The maximum absolute atomic E-state index is 5.84. The zero-order valence-corrected chi connectivity index (χ0v) is 8.44. The summed E-state index contributed by atoms with van der Waals surface area (Å²) in [4.78, 5) is 4.46. The third-order valence-corrected chi connectivity index (χ3v) is 2.06. The molecule has 0 atom stereocenters. The van der Waals surface area contributed by atoms with Gasteiger partial charge in [0.2, 0.25) is 0 Å². The van der Waals surface area contributed by atoms with Gasteiger partial charge in [0.05, 0.1) is 6.20 Å². The Kier molecular flexibility index (Phi) is 2.11. The molecule has 0 aliphatic carbocycles. The summed E-state index contributed by atoms with van der Waals surface area (Å²) in [5, 5.41) is 4.07. The largest absolute Gasteiger partial charge is 0.384 e. The predicted molar refractivity (Wildman–Crippen MR) is 55.9 cm³/mol. The highest BCUT2D eigenvalue weighted by atomic mass is 15.3. The Labute approximate surface area is 82.8 Å². The van der Waals surface area contributed by atoms with Gasteiger partial charge in [-0.2, -0.15) is 9.61 Å². The molecule has 0 saturated heterocycles. The van der Waals surface area contributed by atoms with Crippen molar-refractivity contribution in [1.29, 1.82) is 0 Å². The van der Waals surface area contributed by atoms with E-state index in [2.05, 4.69) is 23.9 Å². The van der Waals surface area contributed by atoms with E-state index in [0.717, 1.165) is 17.8 Å². The fourth-order valence-electron chi connectivity index (χ4n) is 1.51. The number of rotatable bonds is 2. The molecule has 0 saturated carbocycles. The van der Waals surface area contributed by atoms with Gasteiger partial charge in [0.25, 0.3) is 0 Å². The maximum Gasteiger partial charge on any atom is 0.157 e. The molecule has 2 aromatic heterocycles. The molecule has 0 bridgehead atoms. The summed E-state index contributed by atoms with van der Waals surface area (Å²) < 4.78 is 1.64. The lowest BCUT2D eigenvalue weighted by Gasteiger charge is -2.06. The quantitative estimate of drug-likeness (QED) is 0.781. The van der Waals surface area contributed by atoms with E-state index in [1.807, 2.05) is 12.1 Å². The summed E-state index contributed by atoms with van der Waals surface area (Å²) in [5.74, 6) is 1.24. The molecule has 0 amide bonds. The molecule has 0 fully saturated rings. The van der Waals surface area contributed by atoms with Crippen molar-refractivity contribution in [3.05, 3.63) is 24.0 Å². The number of nitrogens with zero attached hydrogens (tertiary/aromatic N) is 3. The van der Waals surface area contributed by atoms with Crippen molar-refractivity contribution in [2.75, 3.05) is 5.73 Å². The average Bonchev–Trinajstić information content (AvgIpc) is 2.50. The minimum absolute atomic E-state index is 0.590. The number of anilines is 1. The smallest absolute Gasteiger partial charge is 0.157 e. The fourth-order valence-corrected chi connectivity index (χ4v) is 1.51. The molecule has 4 heteroatoms. The molecule has 0 aliphatic rings. The van der Waals surface area contributed by atoms with Crippen molar-refractivity contribution in [1.82, 2.24) is 14.6 Å². The Morgan fingerprint density at radius 2 is 2.29 bits per heavy atom. The molecular formula is C10H14N4. The van der Waals surface area contributed by atoms with E-state index in [4.69, 9.17) is 5.73 Å². The van der Waals surface area contributed by atoms with Crippen LogP contribution < -0.4 is 5.73 Å². The Morgan fingerprint density at radius 3 is 3.00 bits per heavy atom. The normalized spacial score (nSPS) is 11.4. The fraction of sp³-hybridized carbons (Fsp3) is 0.400. The van der Waals surface area contributed by atoms with Crippen LogP contribution in [0.5, 0.6) is 0 Å². The molecule has 14 heavy (non-hydrogen) atoms. The highest BCUT2D eigenvalue weighted by molar-refractivity contribution is 5.46. The lowest BCUT2D eigenvalue weighted by Crippen LogP contribution is -2.04. The highest BCUT2D eigenvalue weighted by Crippen LogP contribution is 2.12. The minimum atomic E-state index is 0.590. The van der Waals surface area contributed by atoms with E-state index in [-0.39, 0.29) is 0 Å². The lowest BCUT2D eigenvalue weighted by molar-refractivity contribution is 0.635. The van der Waals surface area contributed by atoms with E-state index in [0.29, 0.717) is 11.7 Å². The van der Waals surface area contributed by atoms with Crippen LogP contribution in [0.1, 0.15) is 19.5 Å². The number of aromatic nitrogens is 3. The Morgan fingerprint density at radius 1 is 1.50 bits per heavy atom. The van der Waals surface area contributed by atoms with E-state index >= 15 is 0 Å². The standard InChI is InChI=1S/C10H14N4/c1-7(2)5-8-6-9(11)14-10(13-8)3-4-12-14/h3-4,6-7H,5,11H2,1-2H3. The van der Waals surface area contributed by atoms with Crippen molar-refractivity contribution in [3.8, 4) is 0 Å². The maximum atomic E-state index is 5.84. The monoisotopic (exact) mass is 190 g/mol. The van der Waals surface area contributed by atoms with Crippen molar-refractivity contribution in [3.63, 3.8) is 0 Å². The first kappa shape index (κ1) is 8.99. The van der Waals surface area contributed by atoms with Gasteiger partial charge in [-0.05, 0) is 12.3 Å². The van der Waals surface area contributed by atoms with Gasteiger partial charge in [-0.15, -0.1) is 0 Å². The number of fused-ring (bicyclic) bond motifs is 1. The zero-order chi connectivity index (χ0) is 10.1. The van der Waals surface area contributed by atoms with Gasteiger partial charge in [-0.25, -0.2) is 4.98 Å². The van der Waals surface area contributed by atoms with Crippen molar-refractivity contribution < 1.29 is 0 Å². The predicted octanol–water partition coefficient (Wildman–Crippen LogP) is 1.51. The van der Waals surface area contributed by atoms with E-state index in [1.54, 1.807) is 10.7 Å². The van der Waals surface area contributed by atoms with Crippen LogP contribution in [0.4, 0.5) is 5.82 Å². The summed E-state index contributed by atoms with van der Waals surface area (Å²) >= 11 is 0. The molecule has 2 heterocycles. The molecule has 2 rings (SSSR count). The molecule has 0 aliphatic heterocycles. The van der Waals surface area contributed by atoms with Crippen LogP contribution in [0.2, 0.25) is 0 Å². The van der Waals surface area contributed by atoms with Gasteiger partial charge >= 0.3 is 0 Å². The number of nitrogens with two attached hydrogens (primary N) is 1. The summed E-state index contributed by atoms with van der Waals surface area (Å²) in [5.41, 5.74) is 7.69. The van der Waals surface area contributed by atoms with E-state index in [9.17, 15) is 0 Å². The zero-order valence-electron chi connectivity index (χ0n) is 8.44. The molecule has 74 valence electrons. The summed E-state index contributed by atoms with van der Waals surface area (Å²) in [6, 6.07) is 3.75. The summed E-state index contributed by atoms with van der Waals surface area (Å²) in [6.07, 6.45) is 2.66. The molecule has 0 spiro atoms. The molecule has 0 aromatic carbocycles. The van der Waals surface area contributed by atoms with Gasteiger partial charge in [-0.1, -0.05) is 13.8 Å². The average molecular weight is 190 g/mol. The molecule has 2 N–H and O–H groups in total. The van der Waals surface area contributed by atoms with Crippen LogP contribution in [-0.4, -0.2) is 14.6 Å². The summed E-state index contributed by atoms with van der Waals surface area (Å²) in [6.45, 7) is 4.33. The van der Waals surface area contributed by atoms with Crippen LogP contribution in [0.25, 0.3) is 5.65 Å². The number of nitrogen functional groups attached to an aromatic ring is 1. The van der Waals surface area contributed by atoms with Gasteiger partial charge < -0.3 is 5.73 Å². The first-order valence-corrected chi connectivity index (χ1v) is 4.76. The summed E-state index contributed by atoms with van der Waals surface area (Å²) in [7, 11) is 0. The first-order chi connectivity index (χ1) is 6.66. The van der Waals surface area contributed by atoms with Crippen molar-refractivity contribution in [2.24, 2.45) is 5.92 Å². The van der Waals surface area contributed by atoms with Gasteiger partial charge in [0.15, 0.2) is 5.65 Å².